The Morgan fingerprint density at radius 1 is 1.12 bits per heavy atom. The highest BCUT2D eigenvalue weighted by Crippen LogP contribution is 2.31. The highest BCUT2D eigenvalue weighted by Gasteiger charge is 2.28. The van der Waals surface area contributed by atoms with Gasteiger partial charge >= 0.3 is 0 Å². The number of thiocarbonyl (C=S) groups is 1. The Bertz CT molecular complexity index is 940. The van der Waals surface area contributed by atoms with Gasteiger partial charge < -0.3 is 19.7 Å². The minimum absolute atomic E-state index is 0.225. The van der Waals surface area contributed by atoms with Gasteiger partial charge in [0.25, 0.3) is 0 Å². The van der Waals surface area contributed by atoms with Crippen LogP contribution in [0.1, 0.15) is 33.6 Å². The molecule has 3 rings (SSSR count). The van der Waals surface area contributed by atoms with E-state index in [4.69, 9.17) is 21.7 Å². The first kappa shape index (κ1) is 25.8. The Morgan fingerprint density at radius 2 is 1.76 bits per heavy atom. The topological polar surface area (TPSA) is 95.5 Å². The number of sulfonamides is 1. The molecule has 2 aliphatic heterocycles. The first-order valence-corrected chi connectivity index (χ1v) is 13.3. The van der Waals surface area contributed by atoms with Gasteiger partial charge in [-0.15, -0.1) is 0 Å². The van der Waals surface area contributed by atoms with Gasteiger partial charge in [0.05, 0.1) is 42.7 Å². The van der Waals surface area contributed by atoms with Crippen molar-refractivity contribution in [3.8, 4) is 0 Å². The predicted octanol–water partition coefficient (Wildman–Crippen LogP) is 2.64. The van der Waals surface area contributed by atoms with Gasteiger partial charge in [-0.2, -0.15) is 9.41 Å². The van der Waals surface area contributed by atoms with Crippen molar-refractivity contribution < 1.29 is 17.9 Å². The molecule has 0 bridgehead atoms. The van der Waals surface area contributed by atoms with E-state index >= 15 is 0 Å². The average molecular weight is 498 g/mol. The van der Waals surface area contributed by atoms with Crippen molar-refractivity contribution in [2.24, 2.45) is 11.0 Å². The highest BCUT2D eigenvalue weighted by atomic mass is 32.2. The highest BCUT2D eigenvalue weighted by molar-refractivity contribution is 7.89. The van der Waals surface area contributed by atoms with E-state index in [9.17, 15) is 8.42 Å². The first-order valence-electron chi connectivity index (χ1n) is 11.4. The maximum absolute atomic E-state index is 13.2. The summed E-state index contributed by atoms with van der Waals surface area (Å²) in [5, 5.41) is 7.85. The summed E-state index contributed by atoms with van der Waals surface area (Å²) in [6, 6.07) is 5.14. The Hall–Kier alpha value is -1.79. The van der Waals surface area contributed by atoms with Gasteiger partial charge in [0.1, 0.15) is 0 Å². The van der Waals surface area contributed by atoms with Crippen molar-refractivity contribution in [1.82, 2.24) is 9.73 Å². The quantitative estimate of drug-likeness (QED) is 0.322. The fraction of sp³-hybridized carbons (Fsp3) is 0.636. The number of morpholine rings is 2. The molecule has 11 heteroatoms. The normalized spacial score (nSPS) is 18.4. The van der Waals surface area contributed by atoms with Crippen LogP contribution in [-0.4, -0.2) is 76.2 Å². The van der Waals surface area contributed by atoms with Crippen LogP contribution in [0.5, 0.6) is 0 Å². The third kappa shape index (κ3) is 7.35. The van der Waals surface area contributed by atoms with Crippen LogP contribution in [-0.2, 0) is 19.5 Å². The second-order valence-electron chi connectivity index (χ2n) is 8.64. The number of benzene rings is 1. The third-order valence-corrected chi connectivity index (χ3v) is 7.70. The van der Waals surface area contributed by atoms with Crippen molar-refractivity contribution >= 4 is 44.4 Å². The van der Waals surface area contributed by atoms with Crippen molar-refractivity contribution in [2.45, 2.75) is 38.5 Å². The zero-order valence-corrected chi connectivity index (χ0v) is 21.3. The zero-order valence-electron chi connectivity index (χ0n) is 19.7. The molecular formula is C22H35N5O4S2. The lowest BCUT2D eigenvalue weighted by atomic mass is 10.1. The van der Waals surface area contributed by atoms with Gasteiger partial charge in [-0.3, -0.25) is 5.43 Å². The second kappa shape index (κ2) is 12.1. The van der Waals surface area contributed by atoms with Crippen molar-refractivity contribution in [3.63, 3.8) is 0 Å². The summed E-state index contributed by atoms with van der Waals surface area (Å²) >= 11 is 5.46. The second-order valence-corrected chi connectivity index (χ2v) is 11.0. The molecule has 2 aliphatic rings. The molecule has 1 aromatic rings. The minimum atomic E-state index is -3.63. The van der Waals surface area contributed by atoms with E-state index in [1.807, 2.05) is 13.0 Å². The maximum Gasteiger partial charge on any atom is 0.243 e. The fourth-order valence-electron chi connectivity index (χ4n) is 3.64. The lowest BCUT2D eigenvalue weighted by Gasteiger charge is -2.31. The van der Waals surface area contributed by atoms with E-state index in [1.54, 1.807) is 12.1 Å². The molecule has 2 N–H and O–H groups in total. The van der Waals surface area contributed by atoms with E-state index < -0.39 is 10.0 Å². The SMILES string of the molecule is C/C(CCC(C)C)=N/NC(=S)Nc1cc(S(=O)(=O)N2CCOCC2)ccc1N1CCOCC1. The van der Waals surface area contributed by atoms with Gasteiger partial charge in [0.2, 0.25) is 10.0 Å². The molecule has 0 aliphatic carbocycles. The van der Waals surface area contributed by atoms with Gasteiger partial charge in [0.15, 0.2) is 5.11 Å². The molecule has 0 spiro atoms. The molecular weight excluding hydrogens is 462 g/mol. The molecule has 0 atom stereocenters. The zero-order chi connectivity index (χ0) is 23.8. The van der Waals surface area contributed by atoms with Crippen LogP contribution >= 0.6 is 12.2 Å². The number of nitrogens with one attached hydrogen (secondary N) is 2. The molecule has 1 aromatic carbocycles. The number of hydrazone groups is 1. The summed E-state index contributed by atoms with van der Waals surface area (Å²) in [6.07, 6.45) is 1.94. The Kier molecular flexibility index (Phi) is 9.45. The largest absolute Gasteiger partial charge is 0.379 e. The van der Waals surface area contributed by atoms with Crippen LogP contribution in [0.25, 0.3) is 0 Å². The fourth-order valence-corrected chi connectivity index (χ4v) is 5.23. The first-order chi connectivity index (χ1) is 15.8. The van der Waals surface area contributed by atoms with Gasteiger partial charge in [0, 0.05) is 31.9 Å². The molecule has 2 fully saturated rings. The molecule has 9 nitrogen and oxygen atoms in total. The molecule has 0 saturated carbocycles. The van der Waals surface area contributed by atoms with Crippen LogP contribution in [0.4, 0.5) is 11.4 Å². The molecule has 0 amide bonds. The maximum atomic E-state index is 13.2. The van der Waals surface area contributed by atoms with E-state index in [1.165, 1.54) is 4.31 Å². The minimum Gasteiger partial charge on any atom is -0.379 e. The summed E-state index contributed by atoms with van der Waals surface area (Å²) in [5.74, 6) is 0.604. The predicted molar refractivity (Wildman–Crippen MR) is 136 cm³/mol. The van der Waals surface area contributed by atoms with Crippen molar-refractivity contribution in [2.75, 3.05) is 62.8 Å². The Morgan fingerprint density at radius 3 is 2.39 bits per heavy atom. The summed E-state index contributed by atoms with van der Waals surface area (Å²) in [6.45, 7) is 10.5. The third-order valence-electron chi connectivity index (χ3n) is 5.61. The number of anilines is 2. The van der Waals surface area contributed by atoms with Crippen molar-refractivity contribution in [3.05, 3.63) is 18.2 Å². The molecule has 2 saturated heterocycles. The number of ether oxygens (including phenoxy) is 2. The molecule has 184 valence electrons. The van der Waals surface area contributed by atoms with E-state index in [2.05, 4.69) is 34.6 Å². The van der Waals surface area contributed by atoms with E-state index in [-0.39, 0.29) is 4.90 Å². The van der Waals surface area contributed by atoms with Gasteiger partial charge in [-0.25, -0.2) is 8.42 Å². The Labute approximate surface area is 202 Å². The number of nitrogens with zero attached hydrogens (tertiary/aromatic N) is 3. The summed E-state index contributed by atoms with van der Waals surface area (Å²) in [7, 11) is -3.63. The van der Waals surface area contributed by atoms with Crippen LogP contribution in [0.3, 0.4) is 0 Å². The number of hydrogen-bond donors (Lipinski definition) is 2. The smallest absolute Gasteiger partial charge is 0.243 e. The molecule has 0 unspecified atom stereocenters. The average Bonchev–Trinajstić information content (AvgIpc) is 2.82. The van der Waals surface area contributed by atoms with Gasteiger partial charge in [-0.1, -0.05) is 13.8 Å². The monoisotopic (exact) mass is 497 g/mol. The van der Waals surface area contributed by atoms with Crippen LogP contribution in [0, 0.1) is 5.92 Å². The number of hydrogen-bond acceptors (Lipinski definition) is 7. The van der Waals surface area contributed by atoms with Crippen LogP contribution in [0.15, 0.2) is 28.2 Å². The van der Waals surface area contributed by atoms with E-state index in [0.29, 0.717) is 56.2 Å². The lowest BCUT2D eigenvalue weighted by molar-refractivity contribution is 0.0730. The van der Waals surface area contributed by atoms with Crippen molar-refractivity contribution in [1.29, 1.82) is 0 Å². The lowest BCUT2D eigenvalue weighted by Crippen LogP contribution is -2.40. The van der Waals surface area contributed by atoms with Crippen LogP contribution in [0.2, 0.25) is 0 Å². The molecule has 33 heavy (non-hydrogen) atoms. The molecule has 2 heterocycles. The van der Waals surface area contributed by atoms with Gasteiger partial charge in [-0.05, 0) is 56.1 Å². The molecule has 0 aromatic heterocycles. The molecule has 0 radical (unpaired) electrons. The van der Waals surface area contributed by atoms with E-state index in [0.717, 1.165) is 37.3 Å². The summed E-state index contributed by atoms with van der Waals surface area (Å²) in [4.78, 5) is 2.39. The number of rotatable bonds is 8. The standard InChI is InChI=1S/C22H35N5O4S2/c1-17(2)4-5-18(3)24-25-22(32)23-20-16-19(33(28,29)27-10-14-31-15-11-27)6-7-21(20)26-8-12-30-13-9-26/h6-7,16-17H,4-5,8-15H2,1-3H3,(H2,23,25,32)/b24-18-. The Balaban J connectivity index is 1.81. The summed E-state index contributed by atoms with van der Waals surface area (Å²) < 4.78 is 38.6. The summed E-state index contributed by atoms with van der Waals surface area (Å²) in [5.41, 5.74) is 5.36. The van der Waals surface area contributed by atoms with Crippen LogP contribution < -0.4 is 15.6 Å².